The number of nitrogens with zero attached hydrogens (tertiary/aromatic N) is 1. The van der Waals surface area contributed by atoms with Gasteiger partial charge in [0.15, 0.2) is 5.84 Å². The number of aliphatic hydroxyl groups is 1. The van der Waals surface area contributed by atoms with Crippen molar-refractivity contribution in [3.8, 4) is 5.75 Å². The van der Waals surface area contributed by atoms with E-state index < -0.39 is 0 Å². The van der Waals surface area contributed by atoms with Crippen LogP contribution in [-0.2, 0) is 6.54 Å². The van der Waals surface area contributed by atoms with Gasteiger partial charge in [-0.25, -0.2) is 0 Å². The van der Waals surface area contributed by atoms with Crippen LogP contribution in [0.5, 0.6) is 5.75 Å². The molecule has 6 heteroatoms. The van der Waals surface area contributed by atoms with Crippen molar-refractivity contribution < 1.29 is 15.1 Å². The first-order chi connectivity index (χ1) is 9.62. The van der Waals surface area contributed by atoms with Crippen LogP contribution >= 0.6 is 0 Å². The van der Waals surface area contributed by atoms with Crippen LogP contribution in [0.3, 0.4) is 0 Å². The van der Waals surface area contributed by atoms with Gasteiger partial charge in [0.25, 0.3) is 0 Å². The van der Waals surface area contributed by atoms with E-state index in [1.807, 2.05) is 12.1 Å². The lowest BCUT2D eigenvalue weighted by Crippen LogP contribution is -2.25. The summed E-state index contributed by atoms with van der Waals surface area (Å²) >= 11 is 0. The lowest BCUT2D eigenvalue weighted by molar-refractivity contribution is 0.276. The third-order valence-corrected chi connectivity index (χ3v) is 3.10. The van der Waals surface area contributed by atoms with Crippen LogP contribution in [0.15, 0.2) is 23.4 Å². The molecule has 1 unspecified atom stereocenters. The molecule has 0 saturated carbocycles. The van der Waals surface area contributed by atoms with E-state index in [-0.39, 0.29) is 12.4 Å². The van der Waals surface area contributed by atoms with Crippen molar-refractivity contribution in [2.24, 2.45) is 10.9 Å². The van der Waals surface area contributed by atoms with Gasteiger partial charge in [-0.3, -0.25) is 0 Å². The van der Waals surface area contributed by atoms with Crippen LogP contribution < -0.4 is 15.8 Å². The molecule has 0 radical (unpaired) electrons. The molecule has 0 spiro atoms. The molecule has 1 rings (SSSR count). The van der Waals surface area contributed by atoms with Crippen molar-refractivity contribution in [1.29, 1.82) is 0 Å². The Kier molecular flexibility index (Phi) is 6.83. The van der Waals surface area contributed by atoms with Crippen molar-refractivity contribution in [3.05, 3.63) is 29.3 Å². The summed E-state index contributed by atoms with van der Waals surface area (Å²) in [5.41, 5.74) is 7.19. The minimum atomic E-state index is 0.0256. The Balaban J connectivity index is 2.69. The van der Waals surface area contributed by atoms with Gasteiger partial charge in [0.1, 0.15) is 5.75 Å². The molecular weight excluding hydrogens is 258 g/mol. The molecule has 1 aromatic carbocycles. The quantitative estimate of drug-likeness (QED) is 0.247. The van der Waals surface area contributed by atoms with Crippen molar-refractivity contribution in [2.75, 3.05) is 13.7 Å². The molecule has 1 atom stereocenters. The number of oxime groups is 1. The highest BCUT2D eigenvalue weighted by Crippen LogP contribution is 2.20. The zero-order valence-corrected chi connectivity index (χ0v) is 12.0. The maximum atomic E-state index is 8.79. The predicted molar refractivity (Wildman–Crippen MR) is 78.1 cm³/mol. The second-order valence-corrected chi connectivity index (χ2v) is 4.67. The molecule has 112 valence electrons. The van der Waals surface area contributed by atoms with Gasteiger partial charge < -0.3 is 26.1 Å². The largest absolute Gasteiger partial charge is 0.496 e. The first kappa shape index (κ1) is 16.3. The van der Waals surface area contributed by atoms with Crippen molar-refractivity contribution in [1.82, 2.24) is 5.32 Å². The number of nitrogens with one attached hydrogen (secondary N) is 1. The van der Waals surface area contributed by atoms with Crippen LogP contribution in [0.25, 0.3) is 0 Å². The maximum absolute atomic E-state index is 8.79. The third-order valence-electron chi connectivity index (χ3n) is 3.10. The first-order valence-corrected chi connectivity index (χ1v) is 6.61. The van der Waals surface area contributed by atoms with E-state index in [0.717, 1.165) is 18.4 Å². The van der Waals surface area contributed by atoms with E-state index in [2.05, 4.69) is 17.4 Å². The van der Waals surface area contributed by atoms with Crippen molar-refractivity contribution in [3.63, 3.8) is 0 Å². The lowest BCUT2D eigenvalue weighted by atomic mass is 10.1. The Hall–Kier alpha value is -1.79. The summed E-state index contributed by atoms with van der Waals surface area (Å²) in [6.07, 6.45) is 1.72. The predicted octanol–water partition coefficient (Wildman–Crippen LogP) is 1.04. The van der Waals surface area contributed by atoms with Gasteiger partial charge in [-0.15, -0.1) is 0 Å². The van der Waals surface area contributed by atoms with Gasteiger partial charge in [0, 0.05) is 19.2 Å². The fourth-order valence-electron chi connectivity index (χ4n) is 1.90. The Morgan fingerprint density at radius 1 is 1.50 bits per heavy atom. The number of rotatable bonds is 8. The van der Waals surface area contributed by atoms with Gasteiger partial charge in [-0.1, -0.05) is 11.2 Å². The normalized spacial score (nSPS) is 13.2. The third kappa shape index (κ3) is 4.71. The van der Waals surface area contributed by atoms with Crippen molar-refractivity contribution >= 4 is 5.84 Å². The van der Waals surface area contributed by atoms with E-state index in [9.17, 15) is 0 Å². The molecule has 0 aliphatic carbocycles. The number of aliphatic hydroxyl groups excluding tert-OH is 1. The number of ether oxygens (including phenoxy) is 1. The second-order valence-electron chi connectivity index (χ2n) is 4.67. The smallest absolute Gasteiger partial charge is 0.173 e. The van der Waals surface area contributed by atoms with Gasteiger partial charge in [-0.2, -0.15) is 0 Å². The van der Waals surface area contributed by atoms with E-state index in [1.165, 1.54) is 0 Å². The summed E-state index contributed by atoms with van der Waals surface area (Å²) in [5.74, 6) is 0.597. The number of hydrogen-bond donors (Lipinski definition) is 4. The highest BCUT2D eigenvalue weighted by Gasteiger charge is 2.09. The SMILES string of the molecule is COc1cc(CNC(C)CCCO)ccc1/C(N)=N/O. The monoisotopic (exact) mass is 281 g/mol. The number of benzene rings is 1. The van der Waals surface area contributed by atoms with Crippen LogP contribution in [0, 0.1) is 0 Å². The average Bonchev–Trinajstić information content (AvgIpc) is 2.49. The van der Waals surface area contributed by atoms with Crippen LogP contribution in [0.4, 0.5) is 0 Å². The summed E-state index contributed by atoms with van der Waals surface area (Å²) in [5, 5.41) is 23.8. The Labute approximate surface area is 119 Å². The summed E-state index contributed by atoms with van der Waals surface area (Å²) in [6, 6.07) is 5.86. The molecule has 0 heterocycles. The van der Waals surface area contributed by atoms with E-state index in [1.54, 1.807) is 13.2 Å². The average molecular weight is 281 g/mol. The summed E-state index contributed by atoms with van der Waals surface area (Å²) in [7, 11) is 1.55. The van der Waals surface area contributed by atoms with Gasteiger partial charge in [0.2, 0.25) is 0 Å². The van der Waals surface area contributed by atoms with Crippen molar-refractivity contribution in [2.45, 2.75) is 32.4 Å². The van der Waals surface area contributed by atoms with E-state index in [0.29, 0.717) is 23.9 Å². The highest BCUT2D eigenvalue weighted by atomic mass is 16.5. The molecule has 0 aliphatic rings. The fourth-order valence-corrected chi connectivity index (χ4v) is 1.90. The molecular formula is C14H23N3O3. The topological polar surface area (TPSA) is 100 Å². The standard InChI is InChI=1S/C14H23N3O3/c1-10(4-3-7-18)16-9-11-5-6-12(14(15)17-19)13(8-11)20-2/h5-6,8,10,16,18-19H,3-4,7,9H2,1-2H3,(H2,15,17). The van der Waals surface area contributed by atoms with E-state index >= 15 is 0 Å². The number of nitrogens with two attached hydrogens (primary N) is 1. The summed E-state index contributed by atoms with van der Waals surface area (Å²) in [6.45, 7) is 2.99. The van der Waals surface area contributed by atoms with Gasteiger partial charge in [-0.05, 0) is 37.5 Å². The van der Waals surface area contributed by atoms with Crippen LogP contribution in [-0.4, -0.2) is 35.9 Å². The number of hydrogen-bond acceptors (Lipinski definition) is 5. The number of methoxy groups -OCH3 is 1. The zero-order valence-electron chi connectivity index (χ0n) is 12.0. The Bertz CT molecular complexity index is 449. The molecule has 0 fully saturated rings. The van der Waals surface area contributed by atoms with Gasteiger partial charge in [0.05, 0.1) is 12.7 Å². The number of amidine groups is 1. The summed E-state index contributed by atoms with van der Waals surface area (Å²) in [4.78, 5) is 0. The van der Waals surface area contributed by atoms with Crippen LogP contribution in [0.2, 0.25) is 0 Å². The molecule has 5 N–H and O–H groups in total. The Morgan fingerprint density at radius 2 is 2.25 bits per heavy atom. The molecule has 20 heavy (non-hydrogen) atoms. The minimum absolute atomic E-state index is 0.0256. The highest BCUT2D eigenvalue weighted by molar-refractivity contribution is 5.99. The minimum Gasteiger partial charge on any atom is -0.496 e. The molecule has 0 bridgehead atoms. The zero-order chi connectivity index (χ0) is 15.0. The second kappa shape index (κ2) is 8.39. The molecule has 6 nitrogen and oxygen atoms in total. The molecule has 0 aromatic heterocycles. The molecule has 0 saturated heterocycles. The lowest BCUT2D eigenvalue weighted by Gasteiger charge is -2.14. The molecule has 1 aromatic rings. The molecule has 0 amide bonds. The maximum Gasteiger partial charge on any atom is 0.173 e. The van der Waals surface area contributed by atoms with Crippen LogP contribution in [0.1, 0.15) is 30.9 Å². The first-order valence-electron chi connectivity index (χ1n) is 6.61. The molecule has 0 aliphatic heterocycles. The summed E-state index contributed by atoms with van der Waals surface area (Å²) < 4.78 is 5.25. The fraction of sp³-hybridized carbons (Fsp3) is 0.500. The van der Waals surface area contributed by atoms with E-state index in [4.69, 9.17) is 20.8 Å². The van der Waals surface area contributed by atoms with Gasteiger partial charge >= 0.3 is 0 Å². The Morgan fingerprint density at radius 3 is 2.85 bits per heavy atom.